The second-order valence-electron chi connectivity index (χ2n) is 5.86. The Labute approximate surface area is 128 Å². The van der Waals surface area contributed by atoms with Crippen molar-refractivity contribution in [2.75, 3.05) is 0 Å². The number of alkyl halides is 2. The topological polar surface area (TPSA) is 12.0 Å². The maximum atomic E-state index is 14.2. The van der Waals surface area contributed by atoms with Gasteiger partial charge in [-0.25, -0.2) is 13.2 Å². The Hall–Kier alpha value is -1.36. The lowest BCUT2D eigenvalue weighted by atomic mass is 9.54. The zero-order valence-electron chi connectivity index (χ0n) is 12.1. The first kappa shape index (κ1) is 16.0. The fourth-order valence-corrected chi connectivity index (χ4v) is 3.46. The molecule has 0 aliphatic heterocycles. The minimum Gasteiger partial charge on any atom is -0.370 e. The predicted octanol–water partition coefficient (Wildman–Crippen LogP) is 4.58. The van der Waals surface area contributed by atoms with E-state index in [2.05, 4.69) is 11.9 Å². The summed E-state index contributed by atoms with van der Waals surface area (Å²) < 4.78 is 41.3. The Balaban J connectivity index is 2.55. The van der Waals surface area contributed by atoms with E-state index in [0.717, 1.165) is 0 Å². The Morgan fingerprint density at radius 2 is 1.95 bits per heavy atom. The molecule has 1 nitrogen and oxygen atoms in total. The van der Waals surface area contributed by atoms with Gasteiger partial charge in [-0.3, -0.25) is 0 Å². The molecular weight excluding hydrogens is 295 g/mol. The second kappa shape index (κ2) is 5.13. The molecule has 21 heavy (non-hydrogen) atoms. The van der Waals surface area contributed by atoms with Gasteiger partial charge in [0.05, 0.1) is 10.5 Å². The Kier molecular flexibility index (Phi) is 3.91. The van der Waals surface area contributed by atoms with Crippen LogP contribution in [0, 0.1) is 11.2 Å². The van der Waals surface area contributed by atoms with Crippen molar-refractivity contribution >= 4 is 17.2 Å². The van der Waals surface area contributed by atoms with E-state index in [4.69, 9.17) is 12.2 Å². The molecule has 0 bridgehead atoms. The minimum absolute atomic E-state index is 0.324. The molecule has 0 saturated heterocycles. The van der Waals surface area contributed by atoms with Crippen molar-refractivity contribution < 1.29 is 13.2 Å². The molecule has 1 saturated carbocycles. The first-order valence-corrected chi connectivity index (χ1v) is 7.12. The summed E-state index contributed by atoms with van der Waals surface area (Å²) in [7, 11) is 0. The van der Waals surface area contributed by atoms with E-state index in [1.807, 2.05) is 0 Å². The second-order valence-corrected chi connectivity index (χ2v) is 6.47. The number of nitrogens with one attached hydrogen (secondary N) is 1. The SMILES string of the molecule is C=CC1([C@](C)(NC(C)=S)c2ccccc2F)CC(F)(F)C1. The van der Waals surface area contributed by atoms with Crippen LogP contribution < -0.4 is 5.32 Å². The molecule has 1 atom stereocenters. The molecule has 5 heteroatoms. The monoisotopic (exact) mass is 313 g/mol. The van der Waals surface area contributed by atoms with Crippen LogP contribution in [0.2, 0.25) is 0 Å². The van der Waals surface area contributed by atoms with Crippen molar-refractivity contribution in [3.8, 4) is 0 Å². The van der Waals surface area contributed by atoms with Crippen molar-refractivity contribution in [3.63, 3.8) is 0 Å². The van der Waals surface area contributed by atoms with Gasteiger partial charge in [-0.1, -0.05) is 36.5 Å². The highest BCUT2D eigenvalue weighted by Crippen LogP contribution is 2.61. The molecule has 1 aromatic carbocycles. The van der Waals surface area contributed by atoms with Gasteiger partial charge in [0.15, 0.2) is 0 Å². The standard InChI is InChI=1S/C16H18F3NS/c1-4-15(9-16(18,19)10-15)14(3,20-11(2)21)12-7-5-6-8-13(12)17/h4-8H,1,9-10H2,2-3H3,(H,20,21)/t14-/m1/s1. The van der Waals surface area contributed by atoms with E-state index >= 15 is 0 Å². The Morgan fingerprint density at radius 1 is 1.38 bits per heavy atom. The van der Waals surface area contributed by atoms with Crippen LogP contribution >= 0.6 is 12.2 Å². The average Bonchev–Trinajstić information content (AvgIpc) is 2.34. The molecular formula is C16H18F3NS. The number of hydrogen-bond donors (Lipinski definition) is 1. The zero-order chi connectivity index (χ0) is 15.9. The van der Waals surface area contributed by atoms with Crippen LogP contribution in [-0.2, 0) is 5.54 Å². The van der Waals surface area contributed by atoms with Crippen LogP contribution in [0.25, 0.3) is 0 Å². The quantitative estimate of drug-likeness (QED) is 0.645. The fraction of sp³-hybridized carbons (Fsp3) is 0.438. The van der Waals surface area contributed by atoms with E-state index in [1.54, 1.807) is 32.0 Å². The zero-order valence-corrected chi connectivity index (χ0v) is 12.9. The number of thiocarbonyl (C=S) groups is 1. The van der Waals surface area contributed by atoms with E-state index in [0.29, 0.717) is 10.6 Å². The summed E-state index contributed by atoms with van der Waals surface area (Å²) in [6, 6.07) is 6.17. The van der Waals surface area contributed by atoms with Gasteiger partial charge in [-0.15, -0.1) is 6.58 Å². The van der Waals surface area contributed by atoms with Crippen molar-refractivity contribution in [1.82, 2.24) is 5.32 Å². The summed E-state index contributed by atoms with van der Waals surface area (Å²) in [6.07, 6.45) is 0.760. The molecule has 0 radical (unpaired) electrons. The Bertz CT molecular complexity index is 577. The van der Waals surface area contributed by atoms with Gasteiger partial charge in [-0.2, -0.15) is 0 Å². The molecule has 1 aliphatic rings. The lowest BCUT2D eigenvalue weighted by molar-refractivity contribution is -0.170. The fourth-order valence-electron chi connectivity index (χ4n) is 3.25. The van der Waals surface area contributed by atoms with Gasteiger partial charge in [0.2, 0.25) is 5.92 Å². The number of hydrogen-bond acceptors (Lipinski definition) is 1. The van der Waals surface area contributed by atoms with Crippen LogP contribution in [0.3, 0.4) is 0 Å². The van der Waals surface area contributed by atoms with Gasteiger partial charge >= 0.3 is 0 Å². The van der Waals surface area contributed by atoms with Crippen LogP contribution in [0.15, 0.2) is 36.9 Å². The molecule has 0 heterocycles. The van der Waals surface area contributed by atoms with Gasteiger partial charge in [-0.05, 0) is 19.9 Å². The number of benzene rings is 1. The first-order valence-electron chi connectivity index (χ1n) is 6.71. The maximum absolute atomic E-state index is 14.2. The molecule has 1 aromatic rings. The van der Waals surface area contributed by atoms with E-state index in [1.165, 1.54) is 12.1 Å². The highest BCUT2D eigenvalue weighted by molar-refractivity contribution is 7.80. The minimum atomic E-state index is -2.75. The van der Waals surface area contributed by atoms with Crippen LogP contribution in [0.1, 0.15) is 32.3 Å². The molecule has 0 aromatic heterocycles. The van der Waals surface area contributed by atoms with Gasteiger partial charge in [0.25, 0.3) is 0 Å². The maximum Gasteiger partial charge on any atom is 0.250 e. The molecule has 114 valence electrons. The van der Waals surface area contributed by atoms with Gasteiger partial charge < -0.3 is 5.32 Å². The smallest absolute Gasteiger partial charge is 0.250 e. The summed E-state index contributed by atoms with van der Waals surface area (Å²) in [4.78, 5) is 0.428. The third-order valence-corrected chi connectivity index (χ3v) is 4.48. The predicted molar refractivity (Wildman–Crippen MR) is 82.0 cm³/mol. The third kappa shape index (κ3) is 2.59. The molecule has 1 N–H and O–H groups in total. The van der Waals surface area contributed by atoms with Crippen LogP contribution in [0.5, 0.6) is 0 Å². The molecule has 1 fully saturated rings. The van der Waals surface area contributed by atoms with E-state index < -0.39 is 22.7 Å². The van der Waals surface area contributed by atoms with E-state index in [-0.39, 0.29) is 12.8 Å². The summed E-state index contributed by atoms with van der Waals surface area (Å²) >= 11 is 5.08. The summed E-state index contributed by atoms with van der Waals surface area (Å²) in [5.74, 6) is -3.20. The largest absolute Gasteiger partial charge is 0.370 e. The van der Waals surface area contributed by atoms with Crippen molar-refractivity contribution in [1.29, 1.82) is 0 Å². The molecule has 2 rings (SSSR count). The summed E-state index contributed by atoms with van der Waals surface area (Å²) in [5, 5.41) is 3.03. The van der Waals surface area contributed by atoms with Crippen molar-refractivity contribution in [3.05, 3.63) is 48.3 Å². The molecule has 0 spiro atoms. The summed E-state index contributed by atoms with van der Waals surface area (Å²) in [5.41, 5.74) is -1.68. The molecule has 1 aliphatic carbocycles. The lowest BCUT2D eigenvalue weighted by Gasteiger charge is -2.56. The Morgan fingerprint density at radius 3 is 2.38 bits per heavy atom. The van der Waals surface area contributed by atoms with Gasteiger partial charge in [0, 0.05) is 23.8 Å². The average molecular weight is 313 g/mol. The number of rotatable bonds is 4. The molecule has 0 amide bonds. The summed E-state index contributed by atoms with van der Waals surface area (Å²) in [6.45, 7) is 7.07. The first-order chi connectivity index (χ1) is 9.66. The van der Waals surface area contributed by atoms with Gasteiger partial charge in [0.1, 0.15) is 5.82 Å². The van der Waals surface area contributed by atoms with Crippen LogP contribution in [0.4, 0.5) is 13.2 Å². The van der Waals surface area contributed by atoms with Crippen molar-refractivity contribution in [2.24, 2.45) is 5.41 Å². The molecule has 0 unspecified atom stereocenters. The number of halogens is 3. The lowest BCUT2D eigenvalue weighted by Crippen LogP contribution is -2.63. The highest BCUT2D eigenvalue weighted by Gasteiger charge is 2.64. The van der Waals surface area contributed by atoms with Crippen LogP contribution in [-0.4, -0.2) is 10.9 Å². The normalized spacial score (nSPS) is 21.8. The van der Waals surface area contributed by atoms with E-state index in [9.17, 15) is 13.2 Å². The third-order valence-electron chi connectivity index (χ3n) is 4.37. The van der Waals surface area contributed by atoms with Crippen molar-refractivity contribution in [2.45, 2.75) is 38.2 Å². The highest BCUT2D eigenvalue weighted by atomic mass is 32.1.